The van der Waals surface area contributed by atoms with Gasteiger partial charge in [0.15, 0.2) is 0 Å². The second kappa shape index (κ2) is 10.3. The third-order valence-electron chi connectivity index (χ3n) is 1.03. The van der Waals surface area contributed by atoms with Crippen LogP contribution >= 0.6 is 12.6 Å². The Morgan fingerprint density at radius 2 is 1.67 bits per heavy atom. The van der Waals surface area contributed by atoms with Crippen molar-refractivity contribution in [3.05, 3.63) is 0 Å². The van der Waals surface area contributed by atoms with Crippen LogP contribution in [0.4, 0.5) is 0 Å². The maximum atomic E-state index is 10.2. The van der Waals surface area contributed by atoms with Crippen molar-refractivity contribution in [1.29, 1.82) is 0 Å². The molecule has 0 fully saturated rings. The molecule has 0 spiro atoms. The zero-order valence-corrected chi connectivity index (χ0v) is 6.35. The van der Waals surface area contributed by atoms with Crippen molar-refractivity contribution in [2.75, 3.05) is 0 Å². The van der Waals surface area contributed by atoms with Gasteiger partial charge in [0, 0.05) is 4.75 Å². The van der Waals surface area contributed by atoms with Crippen molar-refractivity contribution in [2.24, 2.45) is 5.73 Å². The predicted molar refractivity (Wildman–Crippen MR) is 60.1 cm³/mol. The van der Waals surface area contributed by atoms with Gasteiger partial charge in [-0.25, -0.2) is 0 Å². The fraction of sp³-hybridized carbons (Fsp3) is 0.800. The molecular formula is C5H14NNa3O2S. The Kier molecular flexibility index (Phi) is 20.7. The SMILES string of the molecule is CC(C)(S)[C@@H](N)C(=O)O.[NaH].[NaH].[NaH]. The first-order chi connectivity index (χ1) is 3.85. The molecule has 12 heavy (non-hydrogen) atoms. The van der Waals surface area contributed by atoms with Gasteiger partial charge in [-0.2, -0.15) is 12.6 Å². The molecule has 0 saturated carbocycles. The van der Waals surface area contributed by atoms with Crippen molar-refractivity contribution in [1.82, 2.24) is 0 Å². The number of carboxylic acid groups (broad SMARTS) is 1. The molecule has 0 aliphatic heterocycles. The Bertz CT molecular complexity index is 128. The summed E-state index contributed by atoms with van der Waals surface area (Å²) >= 11 is 3.98. The third-order valence-corrected chi connectivity index (χ3v) is 1.31. The average molecular weight is 221 g/mol. The minimum absolute atomic E-state index is 0. The van der Waals surface area contributed by atoms with Crippen LogP contribution in [0.15, 0.2) is 0 Å². The molecule has 3 N–H and O–H groups in total. The van der Waals surface area contributed by atoms with Crippen LogP contribution in [0.1, 0.15) is 13.8 Å². The topological polar surface area (TPSA) is 63.3 Å². The summed E-state index contributed by atoms with van der Waals surface area (Å²) in [6, 6.07) is -0.902. The van der Waals surface area contributed by atoms with Crippen molar-refractivity contribution < 1.29 is 9.90 Å². The Labute approximate surface area is 145 Å². The van der Waals surface area contributed by atoms with Crippen LogP contribution in [0, 0.1) is 0 Å². The molecule has 0 aliphatic rings. The Morgan fingerprint density at radius 1 is 1.42 bits per heavy atom. The van der Waals surface area contributed by atoms with Crippen LogP contribution < -0.4 is 5.73 Å². The quantitative estimate of drug-likeness (QED) is 0.379. The molecule has 0 amide bonds. The zero-order valence-electron chi connectivity index (χ0n) is 5.46. The van der Waals surface area contributed by atoms with Crippen molar-refractivity contribution in [3.63, 3.8) is 0 Å². The number of rotatable bonds is 2. The molecule has 60 valence electrons. The zero-order chi connectivity index (χ0) is 7.65. The van der Waals surface area contributed by atoms with Gasteiger partial charge in [-0.15, -0.1) is 0 Å². The summed E-state index contributed by atoms with van der Waals surface area (Å²) in [5.74, 6) is -1.02. The standard InChI is InChI=1S/C5H11NO2S.3Na.3H/c1-5(2,9)3(6)4(7)8;;;;;;/h3,9H,6H2,1-2H3,(H,7,8);;;;;;/t3-;;;;;;/m0....../s1. The van der Waals surface area contributed by atoms with Crippen LogP contribution in [-0.2, 0) is 4.79 Å². The Hall–Kier alpha value is 2.78. The van der Waals surface area contributed by atoms with E-state index in [-0.39, 0.29) is 88.7 Å². The first kappa shape index (κ1) is 24.2. The first-order valence-electron chi connectivity index (χ1n) is 2.56. The Morgan fingerprint density at radius 3 is 1.67 bits per heavy atom. The molecular weight excluding hydrogens is 207 g/mol. The molecule has 0 aromatic carbocycles. The van der Waals surface area contributed by atoms with Crippen LogP contribution in [0.25, 0.3) is 0 Å². The van der Waals surface area contributed by atoms with E-state index < -0.39 is 16.8 Å². The molecule has 0 heterocycles. The number of hydrogen-bond acceptors (Lipinski definition) is 3. The van der Waals surface area contributed by atoms with Gasteiger partial charge >= 0.3 is 94.6 Å². The summed E-state index contributed by atoms with van der Waals surface area (Å²) < 4.78 is -0.647. The van der Waals surface area contributed by atoms with Crippen molar-refractivity contribution in [3.8, 4) is 0 Å². The van der Waals surface area contributed by atoms with Crippen LogP contribution in [0.5, 0.6) is 0 Å². The van der Waals surface area contributed by atoms with E-state index in [1.165, 1.54) is 0 Å². The molecule has 0 aliphatic carbocycles. The van der Waals surface area contributed by atoms with Gasteiger partial charge < -0.3 is 10.8 Å². The van der Waals surface area contributed by atoms with Crippen LogP contribution in [0.2, 0.25) is 0 Å². The minimum atomic E-state index is -1.02. The second-order valence-electron chi connectivity index (χ2n) is 2.47. The fourth-order valence-electron chi connectivity index (χ4n) is 0.302. The van der Waals surface area contributed by atoms with Crippen molar-refractivity contribution >= 4 is 107 Å². The summed E-state index contributed by atoms with van der Waals surface area (Å²) in [7, 11) is 0. The normalized spacial score (nSPS) is 11.3. The van der Waals surface area contributed by atoms with E-state index in [2.05, 4.69) is 12.6 Å². The van der Waals surface area contributed by atoms with E-state index in [0.717, 1.165) is 0 Å². The van der Waals surface area contributed by atoms with Crippen molar-refractivity contribution in [2.45, 2.75) is 24.6 Å². The molecule has 0 rings (SSSR count). The fourth-order valence-corrected chi connectivity index (χ4v) is 0.413. The monoisotopic (exact) mass is 221 g/mol. The van der Waals surface area contributed by atoms with E-state index in [9.17, 15) is 4.79 Å². The van der Waals surface area contributed by atoms with E-state index in [1.54, 1.807) is 13.8 Å². The molecule has 3 nitrogen and oxygen atoms in total. The number of hydrogen-bond donors (Lipinski definition) is 3. The number of carboxylic acids is 1. The number of thiol groups is 1. The molecule has 0 aromatic heterocycles. The third kappa shape index (κ3) is 10.9. The molecule has 0 unspecified atom stereocenters. The Balaban J connectivity index is -0.000000107. The van der Waals surface area contributed by atoms with E-state index in [1.807, 2.05) is 0 Å². The molecule has 1 atom stereocenters. The molecule has 0 radical (unpaired) electrons. The number of nitrogens with two attached hydrogens (primary N) is 1. The van der Waals surface area contributed by atoms with E-state index >= 15 is 0 Å². The maximum absolute atomic E-state index is 10.2. The van der Waals surface area contributed by atoms with E-state index in [0.29, 0.717) is 0 Å². The van der Waals surface area contributed by atoms with Gasteiger partial charge in [-0.3, -0.25) is 4.79 Å². The van der Waals surface area contributed by atoms with Gasteiger partial charge in [0.1, 0.15) is 6.04 Å². The van der Waals surface area contributed by atoms with Gasteiger partial charge in [-0.05, 0) is 13.8 Å². The van der Waals surface area contributed by atoms with Gasteiger partial charge in [0.05, 0.1) is 0 Å². The summed E-state index contributed by atoms with van der Waals surface area (Å²) in [5, 5.41) is 8.34. The molecule has 0 saturated heterocycles. The summed E-state index contributed by atoms with van der Waals surface area (Å²) in [4.78, 5) is 10.2. The average Bonchev–Trinajstić information content (AvgIpc) is 1.62. The number of aliphatic carboxylic acids is 1. The van der Waals surface area contributed by atoms with E-state index in [4.69, 9.17) is 10.8 Å². The van der Waals surface area contributed by atoms with Gasteiger partial charge in [0.2, 0.25) is 0 Å². The molecule has 0 bridgehead atoms. The first-order valence-corrected chi connectivity index (χ1v) is 3.01. The summed E-state index contributed by atoms with van der Waals surface area (Å²) in [6.07, 6.45) is 0. The van der Waals surface area contributed by atoms with Gasteiger partial charge in [-0.1, -0.05) is 0 Å². The number of carbonyl (C=O) groups is 1. The predicted octanol–water partition coefficient (Wildman–Crippen LogP) is -1.84. The second-order valence-corrected chi connectivity index (χ2v) is 3.62. The van der Waals surface area contributed by atoms with Gasteiger partial charge in [0.25, 0.3) is 0 Å². The summed E-state index contributed by atoms with van der Waals surface area (Å²) in [5.41, 5.74) is 5.22. The van der Waals surface area contributed by atoms with Crippen LogP contribution in [0.3, 0.4) is 0 Å². The van der Waals surface area contributed by atoms with Crippen LogP contribution in [-0.4, -0.2) is 111 Å². The molecule has 0 aromatic rings. The summed E-state index contributed by atoms with van der Waals surface area (Å²) in [6.45, 7) is 3.32. The molecule has 7 heteroatoms.